The molecule has 16 heavy (non-hydrogen) atoms. The summed E-state index contributed by atoms with van der Waals surface area (Å²) < 4.78 is 11.9. The summed E-state index contributed by atoms with van der Waals surface area (Å²) in [5.41, 5.74) is 0. The van der Waals surface area contributed by atoms with Crippen LogP contribution < -0.4 is 0 Å². The highest BCUT2D eigenvalue weighted by Crippen LogP contribution is 2.34. The lowest BCUT2D eigenvalue weighted by Gasteiger charge is -2.32. The van der Waals surface area contributed by atoms with E-state index in [-0.39, 0.29) is 0 Å². The van der Waals surface area contributed by atoms with Crippen molar-refractivity contribution in [1.82, 2.24) is 0 Å². The average molecular weight is 242 g/mol. The van der Waals surface area contributed by atoms with Crippen molar-refractivity contribution in [3.8, 4) is 0 Å². The molecule has 2 saturated carbocycles. The van der Waals surface area contributed by atoms with Gasteiger partial charge in [0.05, 0.1) is 0 Å². The fraction of sp³-hybridized carbons (Fsp3) is 1.00. The van der Waals surface area contributed by atoms with Gasteiger partial charge in [-0.2, -0.15) is 0 Å². The Bertz CT molecular complexity index is 212. The highest BCUT2D eigenvalue weighted by atomic mass is 28.4. The smallest absolute Gasteiger partial charge is 0.334 e. The Balaban J connectivity index is 1.74. The second-order valence-electron chi connectivity index (χ2n) is 5.80. The summed E-state index contributed by atoms with van der Waals surface area (Å²) in [4.78, 5) is 0. The summed E-state index contributed by atoms with van der Waals surface area (Å²) in [6, 6.07) is 1.22. The van der Waals surface area contributed by atoms with Crippen molar-refractivity contribution < 1.29 is 8.85 Å². The van der Waals surface area contributed by atoms with Crippen molar-refractivity contribution >= 4 is 8.56 Å². The van der Waals surface area contributed by atoms with E-state index >= 15 is 0 Å². The molecular formula is C13H26O2Si. The Morgan fingerprint density at radius 3 is 2.12 bits per heavy atom. The Morgan fingerprint density at radius 1 is 1.00 bits per heavy atom. The first-order valence-electron chi connectivity index (χ1n) is 6.91. The van der Waals surface area contributed by atoms with Crippen LogP contribution in [0.1, 0.15) is 44.9 Å². The number of hydrogen-bond acceptors (Lipinski definition) is 2. The van der Waals surface area contributed by atoms with Gasteiger partial charge in [0.1, 0.15) is 0 Å². The van der Waals surface area contributed by atoms with Crippen LogP contribution >= 0.6 is 0 Å². The minimum Gasteiger partial charge on any atom is -0.398 e. The molecule has 0 bridgehead atoms. The monoisotopic (exact) mass is 242 g/mol. The molecular weight excluding hydrogens is 216 g/mol. The van der Waals surface area contributed by atoms with Crippen LogP contribution in [0.3, 0.4) is 0 Å². The molecule has 0 aromatic carbocycles. The molecule has 94 valence electrons. The first-order valence-corrected chi connectivity index (χ1v) is 9.43. The van der Waals surface area contributed by atoms with E-state index in [1.165, 1.54) is 51.0 Å². The standard InChI is InChI=1S/C13H26O2Si/c1-14-16(2,11-13-6-3-4-7-13)15-10-12-8-5-9-12/h12-13H,3-11H2,1-2H3. The fourth-order valence-corrected chi connectivity index (χ4v) is 5.34. The Kier molecular flexibility index (Phi) is 4.45. The van der Waals surface area contributed by atoms with Gasteiger partial charge in [0.2, 0.25) is 0 Å². The van der Waals surface area contributed by atoms with Gasteiger partial charge >= 0.3 is 8.56 Å². The molecule has 0 saturated heterocycles. The van der Waals surface area contributed by atoms with Crippen LogP contribution in [0.5, 0.6) is 0 Å². The largest absolute Gasteiger partial charge is 0.398 e. The van der Waals surface area contributed by atoms with E-state index in [1.807, 2.05) is 7.11 Å². The van der Waals surface area contributed by atoms with Gasteiger partial charge in [0.25, 0.3) is 0 Å². The Labute approximate surface area is 101 Å². The van der Waals surface area contributed by atoms with Gasteiger partial charge in [-0.25, -0.2) is 0 Å². The summed E-state index contributed by atoms with van der Waals surface area (Å²) in [5.74, 6) is 1.73. The molecule has 1 atom stereocenters. The molecule has 2 fully saturated rings. The van der Waals surface area contributed by atoms with Gasteiger partial charge < -0.3 is 8.85 Å². The van der Waals surface area contributed by atoms with Gasteiger partial charge in [-0.15, -0.1) is 0 Å². The molecule has 2 aliphatic rings. The lowest BCUT2D eigenvalue weighted by molar-refractivity contribution is 0.130. The van der Waals surface area contributed by atoms with E-state index in [0.717, 1.165) is 18.4 Å². The number of hydrogen-bond donors (Lipinski definition) is 0. The second kappa shape index (κ2) is 5.65. The molecule has 0 amide bonds. The molecule has 2 aliphatic carbocycles. The van der Waals surface area contributed by atoms with E-state index in [2.05, 4.69) is 6.55 Å². The predicted molar refractivity (Wildman–Crippen MR) is 68.7 cm³/mol. The van der Waals surface area contributed by atoms with E-state index in [0.29, 0.717) is 0 Å². The summed E-state index contributed by atoms with van der Waals surface area (Å²) in [6.45, 7) is 3.22. The maximum atomic E-state index is 6.16. The normalized spacial score (nSPS) is 26.6. The molecule has 0 aromatic rings. The van der Waals surface area contributed by atoms with Crippen molar-refractivity contribution in [2.45, 2.75) is 57.5 Å². The summed E-state index contributed by atoms with van der Waals surface area (Å²) >= 11 is 0. The molecule has 2 rings (SSSR count). The maximum absolute atomic E-state index is 6.16. The second-order valence-corrected chi connectivity index (χ2v) is 9.17. The lowest BCUT2D eigenvalue weighted by atomic mass is 9.86. The third-order valence-electron chi connectivity index (χ3n) is 4.42. The van der Waals surface area contributed by atoms with Gasteiger partial charge in [-0.3, -0.25) is 0 Å². The highest BCUT2D eigenvalue weighted by Gasteiger charge is 2.35. The zero-order valence-corrected chi connectivity index (χ0v) is 11.8. The van der Waals surface area contributed by atoms with Crippen molar-refractivity contribution in [2.75, 3.05) is 13.7 Å². The molecule has 2 nitrogen and oxygen atoms in total. The molecule has 0 spiro atoms. The average Bonchev–Trinajstić information content (AvgIpc) is 2.68. The fourth-order valence-electron chi connectivity index (χ4n) is 2.89. The molecule has 0 aromatic heterocycles. The molecule has 3 heteroatoms. The molecule has 0 radical (unpaired) electrons. The van der Waals surface area contributed by atoms with Crippen LogP contribution in [0.2, 0.25) is 12.6 Å². The van der Waals surface area contributed by atoms with E-state index < -0.39 is 8.56 Å². The van der Waals surface area contributed by atoms with Gasteiger partial charge in [-0.05, 0) is 37.3 Å². The van der Waals surface area contributed by atoms with Gasteiger partial charge in [-0.1, -0.05) is 32.1 Å². The van der Waals surface area contributed by atoms with Crippen molar-refractivity contribution in [2.24, 2.45) is 11.8 Å². The van der Waals surface area contributed by atoms with Crippen LogP contribution in [-0.2, 0) is 8.85 Å². The SMILES string of the molecule is CO[Si](C)(CC1CCCC1)OCC1CCC1. The predicted octanol–water partition coefficient (Wildman–Crippen LogP) is 3.71. The van der Waals surface area contributed by atoms with Crippen LogP contribution in [0, 0.1) is 11.8 Å². The zero-order valence-electron chi connectivity index (χ0n) is 10.8. The highest BCUT2D eigenvalue weighted by molar-refractivity contribution is 6.66. The topological polar surface area (TPSA) is 18.5 Å². The molecule has 0 heterocycles. The quantitative estimate of drug-likeness (QED) is 0.661. The van der Waals surface area contributed by atoms with Crippen molar-refractivity contribution in [3.63, 3.8) is 0 Å². The molecule has 1 unspecified atom stereocenters. The van der Waals surface area contributed by atoms with Crippen LogP contribution in [0.4, 0.5) is 0 Å². The zero-order chi connectivity index (χ0) is 11.4. The lowest BCUT2D eigenvalue weighted by Crippen LogP contribution is -2.41. The third-order valence-corrected chi connectivity index (χ3v) is 7.37. The van der Waals surface area contributed by atoms with E-state index in [9.17, 15) is 0 Å². The summed E-state index contributed by atoms with van der Waals surface area (Å²) in [6.07, 6.45) is 9.79. The molecule has 0 aliphatic heterocycles. The maximum Gasteiger partial charge on any atom is 0.334 e. The number of rotatable bonds is 6. The minimum atomic E-state index is -1.83. The van der Waals surface area contributed by atoms with Crippen LogP contribution in [0.25, 0.3) is 0 Å². The van der Waals surface area contributed by atoms with Crippen LogP contribution in [0.15, 0.2) is 0 Å². The third kappa shape index (κ3) is 3.31. The summed E-state index contributed by atoms with van der Waals surface area (Å²) in [5, 5.41) is 0. The van der Waals surface area contributed by atoms with Crippen molar-refractivity contribution in [1.29, 1.82) is 0 Å². The first-order chi connectivity index (χ1) is 7.72. The summed E-state index contributed by atoms with van der Waals surface area (Å²) in [7, 11) is 0.0156. The first kappa shape index (κ1) is 12.6. The Hall–Kier alpha value is 0.137. The Morgan fingerprint density at radius 2 is 1.62 bits per heavy atom. The molecule has 0 N–H and O–H groups in total. The van der Waals surface area contributed by atoms with Gasteiger partial charge in [0.15, 0.2) is 0 Å². The van der Waals surface area contributed by atoms with E-state index in [1.54, 1.807) is 0 Å². The minimum absolute atomic E-state index is 0.838. The van der Waals surface area contributed by atoms with Crippen LogP contribution in [-0.4, -0.2) is 22.3 Å². The van der Waals surface area contributed by atoms with Crippen molar-refractivity contribution in [3.05, 3.63) is 0 Å². The van der Waals surface area contributed by atoms with Gasteiger partial charge in [0, 0.05) is 13.7 Å². The van der Waals surface area contributed by atoms with E-state index in [4.69, 9.17) is 8.85 Å².